The number of fused-ring (bicyclic) bond motifs is 1. The third-order valence-electron chi connectivity index (χ3n) is 3.82. The molecule has 0 radical (unpaired) electrons. The smallest absolute Gasteiger partial charge is 0.255 e. The monoisotopic (exact) mass is 336 g/mol. The van der Waals surface area contributed by atoms with Gasteiger partial charge in [0.15, 0.2) is 5.89 Å². The molecule has 2 aromatic rings. The lowest BCUT2D eigenvalue weighted by Crippen LogP contribution is -2.36. The van der Waals surface area contributed by atoms with E-state index in [1.165, 1.54) is 12.1 Å². The van der Waals surface area contributed by atoms with Gasteiger partial charge in [-0.15, -0.1) is 0 Å². The highest BCUT2D eigenvalue weighted by atomic mass is 35.5. The lowest BCUT2D eigenvalue weighted by Gasteiger charge is -2.25. The van der Waals surface area contributed by atoms with Crippen LogP contribution in [0.3, 0.4) is 0 Å². The van der Waals surface area contributed by atoms with Crippen LogP contribution in [-0.2, 0) is 18.4 Å². The number of halogens is 2. The van der Waals surface area contributed by atoms with Gasteiger partial charge in [0.2, 0.25) is 0 Å². The minimum atomic E-state index is -0.459. The zero-order chi connectivity index (χ0) is 16.8. The van der Waals surface area contributed by atoms with Crippen LogP contribution in [0, 0.1) is 5.82 Å². The van der Waals surface area contributed by atoms with Gasteiger partial charge in [-0.25, -0.2) is 9.37 Å². The summed E-state index contributed by atoms with van der Waals surface area (Å²) in [6.45, 7) is 7.00. The van der Waals surface area contributed by atoms with E-state index < -0.39 is 5.82 Å². The number of aromatic nitrogens is 1. The van der Waals surface area contributed by atoms with Crippen molar-refractivity contribution < 1.29 is 13.6 Å². The molecule has 1 amide bonds. The molecule has 23 heavy (non-hydrogen) atoms. The maximum absolute atomic E-state index is 13.1. The molecular weight excluding hydrogens is 319 g/mol. The molecule has 1 aliphatic rings. The van der Waals surface area contributed by atoms with Crippen LogP contribution in [0.1, 0.15) is 48.5 Å². The van der Waals surface area contributed by atoms with E-state index in [2.05, 4.69) is 4.98 Å². The van der Waals surface area contributed by atoms with E-state index in [0.717, 1.165) is 17.5 Å². The van der Waals surface area contributed by atoms with E-state index in [-0.39, 0.29) is 16.3 Å². The van der Waals surface area contributed by atoms with E-state index in [9.17, 15) is 9.18 Å². The van der Waals surface area contributed by atoms with E-state index >= 15 is 0 Å². The van der Waals surface area contributed by atoms with Crippen LogP contribution in [-0.4, -0.2) is 22.3 Å². The molecule has 6 heteroatoms. The maximum Gasteiger partial charge on any atom is 0.255 e. The number of amides is 1. The van der Waals surface area contributed by atoms with Crippen molar-refractivity contribution in [2.75, 3.05) is 6.54 Å². The average molecular weight is 337 g/mol. The van der Waals surface area contributed by atoms with Crippen LogP contribution < -0.4 is 0 Å². The first kappa shape index (κ1) is 16.0. The summed E-state index contributed by atoms with van der Waals surface area (Å²) in [4.78, 5) is 18.8. The SMILES string of the molecule is CC(C)(C)c1nc2c(o1)CCN(C(=O)c1ccc(F)cc1Cl)C2. The molecule has 0 saturated carbocycles. The van der Waals surface area contributed by atoms with Crippen LogP contribution in [0.4, 0.5) is 4.39 Å². The molecule has 122 valence electrons. The second-order valence-corrected chi connectivity index (χ2v) is 7.15. The number of carbonyl (C=O) groups is 1. The van der Waals surface area contributed by atoms with Gasteiger partial charge in [0.1, 0.15) is 17.3 Å². The van der Waals surface area contributed by atoms with E-state index in [1.54, 1.807) is 4.90 Å². The molecule has 0 atom stereocenters. The van der Waals surface area contributed by atoms with E-state index in [4.69, 9.17) is 16.0 Å². The first-order chi connectivity index (χ1) is 10.8. The van der Waals surface area contributed by atoms with Crippen LogP contribution in [0.5, 0.6) is 0 Å². The molecule has 1 aromatic carbocycles. The predicted octanol–water partition coefficient (Wildman–Crippen LogP) is 3.96. The third kappa shape index (κ3) is 3.11. The van der Waals surface area contributed by atoms with Crippen molar-refractivity contribution in [1.82, 2.24) is 9.88 Å². The first-order valence-electron chi connectivity index (χ1n) is 7.49. The quantitative estimate of drug-likeness (QED) is 0.791. The largest absolute Gasteiger partial charge is 0.445 e. The zero-order valence-electron chi connectivity index (χ0n) is 13.3. The van der Waals surface area contributed by atoms with Crippen molar-refractivity contribution in [3.8, 4) is 0 Å². The maximum atomic E-state index is 13.1. The lowest BCUT2D eigenvalue weighted by atomic mass is 9.97. The highest BCUT2D eigenvalue weighted by molar-refractivity contribution is 6.33. The van der Waals surface area contributed by atoms with Gasteiger partial charge in [-0.05, 0) is 18.2 Å². The second-order valence-electron chi connectivity index (χ2n) is 6.74. The Morgan fingerprint density at radius 2 is 2.13 bits per heavy atom. The molecule has 2 heterocycles. The van der Waals surface area contributed by atoms with Crippen molar-refractivity contribution in [2.45, 2.75) is 39.2 Å². The summed E-state index contributed by atoms with van der Waals surface area (Å²) < 4.78 is 19.0. The minimum Gasteiger partial charge on any atom is -0.445 e. The average Bonchev–Trinajstić information content (AvgIpc) is 2.89. The van der Waals surface area contributed by atoms with Gasteiger partial charge in [0.05, 0.1) is 17.1 Å². The number of carbonyl (C=O) groups excluding carboxylic acids is 1. The fraction of sp³-hybridized carbons (Fsp3) is 0.412. The molecule has 0 fully saturated rings. The first-order valence-corrected chi connectivity index (χ1v) is 7.87. The Morgan fingerprint density at radius 1 is 1.39 bits per heavy atom. The number of rotatable bonds is 1. The van der Waals surface area contributed by atoms with Gasteiger partial charge in [-0.1, -0.05) is 32.4 Å². The summed E-state index contributed by atoms with van der Waals surface area (Å²) in [6.07, 6.45) is 0.614. The van der Waals surface area contributed by atoms with Gasteiger partial charge in [-0.3, -0.25) is 4.79 Å². The summed E-state index contributed by atoms with van der Waals surface area (Å²) in [6, 6.07) is 3.80. The van der Waals surface area contributed by atoms with Crippen molar-refractivity contribution in [3.05, 3.63) is 51.9 Å². The molecule has 1 aliphatic heterocycles. The Kier molecular flexibility index (Phi) is 3.92. The summed E-state index contributed by atoms with van der Waals surface area (Å²) in [5.74, 6) is 0.834. The van der Waals surface area contributed by atoms with Crippen LogP contribution in [0.2, 0.25) is 5.02 Å². The van der Waals surface area contributed by atoms with Gasteiger partial charge in [0.25, 0.3) is 5.91 Å². The van der Waals surface area contributed by atoms with Gasteiger partial charge >= 0.3 is 0 Å². The second kappa shape index (κ2) is 5.64. The summed E-state index contributed by atoms with van der Waals surface area (Å²) in [5, 5.41) is 0.122. The van der Waals surface area contributed by atoms with Gasteiger partial charge < -0.3 is 9.32 Å². The van der Waals surface area contributed by atoms with Crippen molar-refractivity contribution >= 4 is 17.5 Å². The number of hydrogen-bond acceptors (Lipinski definition) is 3. The molecule has 0 bridgehead atoms. The van der Waals surface area contributed by atoms with Crippen molar-refractivity contribution in [2.24, 2.45) is 0 Å². The minimum absolute atomic E-state index is 0.122. The third-order valence-corrected chi connectivity index (χ3v) is 4.13. The van der Waals surface area contributed by atoms with Gasteiger partial charge in [0, 0.05) is 18.4 Å². The Balaban J connectivity index is 1.84. The molecule has 0 aliphatic carbocycles. The molecule has 0 N–H and O–H groups in total. The molecule has 1 aromatic heterocycles. The molecule has 0 unspecified atom stereocenters. The highest BCUT2D eigenvalue weighted by Gasteiger charge is 2.30. The van der Waals surface area contributed by atoms with E-state index in [0.29, 0.717) is 31.0 Å². The molecule has 4 nitrogen and oxygen atoms in total. The van der Waals surface area contributed by atoms with Crippen LogP contribution >= 0.6 is 11.6 Å². The molecule has 0 saturated heterocycles. The number of hydrogen-bond donors (Lipinski definition) is 0. The number of oxazole rings is 1. The van der Waals surface area contributed by atoms with Gasteiger partial charge in [-0.2, -0.15) is 0 Å². The Labute approximate surface area is 139 Å². The number of nitrogens with zero attached hydrogens (tertiary/aromatic N) is 2. The normalized spacial score (nSPS) is 14.7. The summed E-state index contributed by atoms with van der Waals surface area (Å²) >= 11 is 5.99. The lowest BCUT2D eigenvalue weighted by molar-refractivity contribution is 0.0728. The zero-order valence-corrected chi connectivity index (χ0v) is 14.1. The summed E-state index contributed by atoms with van der Waals surface area (Å²) in [5.41, 5.74) is 0.913. The fourth-order valence-corrected chi connectivity index (χ4v) is 2.77. The number of benzene rings is 1. The fourth-order valence-electron chi connectivity index (χ4n) is 2.53. The van der Waals surface area contributed by atoms with Crippen molar-refractivity contribution in [3.63, 3.8) is 0 Å². The Hall–Kier alpha value is -1.88. The Morgan fingerprint density at radius 3 is 2.78 bits per heavy atom. The van der Waals surface area contributed by atoms with Crippen LogP contribution in [0.25, 0.3) is 0 Å². The molecule has 0 spiro atoms. The predicted molar refractivity (Wildman–Crippen MR) is 85.1 cm³/mol. The highest BCUT2D eigenvalue weighted by Crippen LogP contribution is 2.28. The topological polar surface area (TPSA) is 46.3 Å². The van der Waals surface area contributed by atoms with E-state index in [1.807, 2.05) is 20.8 Å². The summed E-state index contributed by atoms with van der Waals surface area (Å²) in [7, 11) is 0. The van der Waals surface area contributed by atoms with Crippen LogP contribution in [0.15, 0.2) is 22.6 Å². The Bertz CT molecular complexity index is 764. The molecule has 3 rings (SSSR count). The van der Waals surface area contributed by atoms with Crippen molar-refractivity contribution in [1.29, 1.82) is 0 Å². The molecular formula is C17H18ClFN2O2. The standard InChI is InChI=1S/C17H18ClFN2O2/c1-17(2,3)16-20-13-9-21(7-6-14(13)23-16)15(22)11-5-4-10(19)8-12(11)18/h4-5,8H,6-7,9H2,1-3H3.